The molecule has 3 unspecified atom stereocenters. The molecule has 1 aliphatic rings. The second kappa shape index (κ2) is 11.2. The van der Waals surface area contributed by atoms with Gasteiger partial charge in [0.25, 0.3) is 0 Å². The zero-order valence-electron chi connectivity index (χ0n) is 19.7. The van der Waals surface area contributed by atoms with E-state index in [4.69, 9.17) is 9.47 Å². The summed E-state index contributed by atoms with van der Waals surface area (Å²) < 4.78 is 64.8. The highest BCUT2D eigenvalue weighted by Crippen LogP contribution is 2.40. The highest BCUT2D eigenvalue weighted by atomic mass is 19.4. The summed E-state index contributed by atoms with van der Waals surface area (Å²) in [6.45, 7) is 3.84. The van der Waals surface area contributed by atoms with Crippen LogP contribution in [-0.2, 0) is 22.1 Å². The van der Waals surface area contributed by atoms with Crippen LogP contribution in [0.3, 0.4) is 0 Å². The highest BCUT2D eigenvalue weighted by Gasteiger charge is 2.35. The summed E-state index contributed by atoms with van der Waals surface area (Å²) in [4.78, 5) is 11.6. The second-order valence-corrected chi connectivity index (χ2v) is 8.71. The van der Waals surface area contributed by atoms with Crippen LogP contribution < -0.4 is 10.1 Å². The van der Waals surface area contributed by atoms with E-state index in [9.17, 15) is 22.4 Å². The van der Waals surface area contributed by atoms with Crippen molar-refractivity contribution in [3.63, 3.8) is 0 Å². The molecule has 4 nitrogen and oxygen atoms in total. The molecule has 1 fully saturated rings. The first-order valence-corrected chi connectivity index (χ1v) is 11.6. The van der Waals surface area contributed by atoms with E-state index < -0.39 is 23.5 Å². The van der Waals surface area contributed by atoms with Crippen LogP contribution >= 0.6 is 0 Å². The van der Waals surface area contributed by atoms with Crippen molar-refractivity contribution in [1.82, 2.24) is 5.32 Å². The van der Waals surface area contributed by atoms with Crippen LogP contribution in [0.5, 0.6) is 5.75 Å². The zero-order valence-corrected chi connectivity index (χ0v) is 19.7. The number of carbonyl (C=O) groups excluding carboxylic acids is 1. The summed E-state index contributed by atoms with van der Waals surface area (Å²) in [5, 5.41) is 3.51. The van der Waals surface area contributed by atoms with E-state index in [2.05, 4.69) is 5.32 Å². The number of carbonyl (C=O) groups is 1. The lowest BCUT2D eigenvalue weighted by Crippen LogP contribution is -2.29. The van der Waals surface area contributed by atoms with Crippen LogP contribution in [0.15, 0.2) is 36.4 Å². The molecular weight excluding hydrogens is 450 g/mol. The molecule has 0 amide bonds. The van der Waals surface area contributed by atoms with Gasteiger partial charge < -0.3 is 14.8 Å². The third-order valence-corrected chi connectivity index (χ3v) is 6.41. The molecule has 3 rings (SSSR count). The molecule has 0 spiro atoms. The van der Waals surface area contributed by atoms with Gasteiger partial charge in [-0.3, -0.25) is 4.79 Å². The third kappa shape index (κ3) is 6.50. The van der Waals surface area contributed by atoms with Crippen LogP contribution in [0.4, 0.5) is 17.6 Å². The van der Waals surface area contributed by atoms with Gasteiger partial charge in [-0.15, -0.1) is 0 Å². The molecule has 1 aliphatic carbocycles. The maximum absolute atomic E-state index is 13.7. The average molecular weight is 482 g/mol. The Labute approximate surface area is 197 Å². The first-order chi connectivity index (χ1) is 16.1. The van der Waals surface area contributed by atoms with Crippen molar-refractivity contribution in [2.75, 3.05) is 13.7 Å². The van der Waals surface area contributed by atoms with Gasteiger partial charge in [-0.05, 0) is 80.3 Å². The van der Waals surface area contributed by atoms with E-state index in [1.165, 1.54) is 25.3 Å². The quantitative estimate of drug-likeness (QED) is 0.336. The van der Waals surface area contributed by atoms with Crippen LogP contribution in [0.1, 0.15) is 73.7 Å². The lowest BCUT2D eigenvalue weighted by Gasteiger charge is -2.21. The molecule has 0 radical (unpaired) electrons. The molecule has 0 saturated heterocycles. The molecule has 186 valence electrons. The minimum Gasteiger partial charge on any atom is -0.494 e. The van der Waals surface area contributed by atoms with Crippen molar-refractivity contribution in [2.24, 2.45) is 0 Å². The Balaban J connectivity index is 1.68. The first-order valence-electron chi connectivity index (χ1n) is 11.6. The summed E-state index contributed by atoms with van der Waals surface area (Å²) in [6.07, 6.45) is -2.27. The first kappa shape index (κ1) is 26.0. The van der Waals surface area contributed by atoms with E-state index in [0.29, 0.717) is 12.0 Å². The number of hydrogen-bond acceptors (Lipinski definition) is 4. The van der Waals surface area contributed by atoms with Gasteiger partial charge in [0, 0.05) is 18.5 Å². The van der Waals surface area contributed by atoms with E-state index in [0.717, 1.165) is 18.4 Å². The number of ether oxygens (including phenoxy) is 2. The Morgan fingerprint density at radius 3 is 2.62 bits per heavy atom. The predicted molar refractivity (Wildman–Crippen MR) is 121 cm³/mol. The minimum absolute atomic E-state index is 0.00709. The number of methoxy groups -OCH3 is 1. The van der Waals surface area contributed by atoms with Crippen molar-refractivity contribution in [1.29, 1.82) is 0 Å². The number of aryl methyl sites for hydroxylation is 1. The number of esters is 1. The number of halogens is 4. The Hall–Kier alpha value is -2.61. The smallest absolute Gasteiger partial charge is 0.416 e. The lowest BCUT2D eigenvalue weighted by atomic mass is 9.92. The van der Waals surface area contributed by atoms with Gasteiger partial charge in [0.2, 0.25) is 0 Å². The summed E-state index contributed by atoms with van der Waals surface area (Å²) in [6, 6.07) is 9.27. The Bertz CT molecular complexity index is 992. The number of benzene rings is 2. The number of rotatable bonds is 9. The summed E-state index contributed by atoms with van der Waals surface area (Å²) in [5.41, 5.74) is 0.966. The fourth-order valence-electron chi connectivity index (χ4n) is 4.63. The molecule has 1 saturated carbocycles. The number of hydrogen-bond donors (Lipinski definition) is 1. The molecule has 0 bridgehead atoms. The topological polar surface area (TPSA) is 47.6 Å². The van der Waals surface area contributed by atoms with Crippen LogP contribution in [0.25, 0.3) is 0 Å². The monoisotopic (exact) mass is 481 g/mol. The molecule has 0 aliphatic heterocycles. The molecule has 1 N–H and O–H groups in total. The van der Waals surface area contributed by atoms with Gasteiger partial charge in [-0.1, -0.05) is 18.2 Å². The van der Waals surface area contributed by atoms with Crippen LogP contribution in [0.2, 0.25) is 0 Å². The van der Waals surface area contributed by atoms with E-state index >= 15 is 0 Å². The number of alkyl halides is 3. The Morgan fingerprint density at radius 2 is 1.94 bits per heavy atom. The predicted octanol–water partition coefficient (Wildman–Crippen LogP) is 6.34. The van der Waals surface area contributed by atoms with Gasteiger partial charge in [-0.2, -0.15) is 13.2 Å². The normalized spacial score (nSPS) is 19.1. The molecule has 2 aromatic rings. The van der Waals surface area contributed by atoms with Gasteiger partial charge >= 0.3 is 12.1 Å². The maximum Gasteiger partial charge on any atom is 0.416 e. The molecule has 0 aromatic heterocycles. The van der Waals surface area contributed by atoms with E-state index in [-0.39, 0.29) is 48.8 Å². The van der Waals surface area contributed by atoms with Crippen molar-refractivity contribution in [3.8, 4) is 5.75 Å². The fraction of sp³-hybridized carbons (Fsp3) is 0.500. The number of nitrogens with one attached hydrogen (secondary N) is 1. The van der Waals surface area contributed by atoms with Crippen molar-refractivity contribution in [3.05, 3.63) is 64.5 Å². The van der Waals surface area contributed by atoms with Crippen molar-refractivity contribution in [2.45, 2.75) is 70.1 Å². The minimum atomic E-state index is -4.49. The van der Waals surface area contributed by atoms with Gasteiger partial charge in [0.1, 0.15) is 0 Å². The summed E-state index contributed by atoms with van der Waals surface area (Å²) >= 11 is 0. The molecule has 8 heteroatoms. The van der Waals surface area contributed by atoms with Gasteiger partial charge in [0.15, 0.2) is 11.6 Å². The van der Waals surface area contributed by atoms with E-state index in [1.807, 2.05) is 6.92 Å². The average Bonchev–Trinajstić information content (AvgIpc) is 3.26. The molecule has 34 heavy (non-hydrogen) atoms. The Kier molecular flexibility index (Phi) is 8.57. The molecule has 3 atom stereocenters. The van der Waals surface area contributed by atoms with Crippen LogP contribution in [0, 0.1) is 5.82 Å². The van der Waals surface area contributed by atoms with Gasteiger partial charge in [-0.25, -0.2) is 4.39 Å². The maximum atomic E-state index is 13.7. The van der Waals surface area contributed by atoms with Crippen molar-refractivity contribution >= 4 is 5.97 Å². The SMILES string of the molecule is CCOC(=O)CCc1ccc(C2CCC(NC(C)c3ccc(F)c(OC)c3)C2)cc1C(F)(F)F. The molecule has 0 heterocycles. The molecular formula is C26H31F4NO3. The summed E-state index contributed by atoms with van der Waals surface area (Å²) in [5.74, 6) is -0.742. The van der Waals surface area contributed by atoms with Gasteiger partial charge in [0.05, 0.1) is 19.3 Å². The Morgan fingerprint density at radius 1 is 1.18 bits per heavy atom. The standard InChI is InChI=1S/C26H31F4NO3/c1-4-34-25(32)12-9-17-5-6-20(14-22(17)26(28,29)30)19-7-10-21(13-19)31-16(2)18-8-11-23(27)24(15-18)33-3/h5-6,8,11,14-16,19,21,31H,4,7,9-10,12-13H2,1-3H3. The molecule has 2 aromatic carbocycles. The fourth-order valence-corrected chi connectivity index (χ4v) is 4.63. The highest BCUT2D eigenvalue weighted by molar-refractivity contribution is 5.69. The lowest BCUT2D eigenvalue weighted by molar-refractivity contribution is -0.144. The second-order valence-electron chi connectivity index (χ2n) is 8.71. The van der Waals surface area contributed by atoms with E-state index in [1.54, 1.807) is 25.1 Å². The third-order valence-electron chi connectivity index (χ3n) is 6.41. The van der Waals surface area contributed by atoms with Crippen LogP contribution in [-0.4, -0.2) is 25.7 Å². The largest absolute Gasteiger partial charge is 0.494 e. The zero-order chi connectivity index (χ0) is 24.9. The summed E-state index contributed by atoms with van der Waals surface area (Å²) in [7, 11) is 1.42. The van der Waals surface area contributed by atoms with Crippen molar-refractivity contribution < 1.29 is 31.8 Å².